The highest BCUT2D eigenvalue weighted by Gasteiger charge is 2.29. The molecule has 0 saturated heterocycles. The van der Waals surface area contributed by atoms with Crippen molar-refractivity contribution < 1.29 is 17.2 Å². The van der Waals surface area contributed by atoms with Gasteiger partial charge in [0.05, 0.1) is 17.1 Å². The van der Waals surface area contributed by atoms with Crippen molar-refractivity contribution in [1.29, 1.82) is 0 Å². The van der Waals surface area contributed by atoms with E-state index in [4.69, 9.17) is 0 Å². The van der Waals surface area contributed by atoms with Gasteiger partial charge in [-0.15, -0.1) is 10.2 Å². The van der Waals surface area contributed by atoms with Crippen molar-refractivity contribution in [2.24, 2.45) is 0 Å². The summed E-state index contributed by atoms with van der Waals surface area (Å²) in [6.45, 7) is 1.04. The third-order valence-electron chi connectivity index (χ3n) is 4.05. The molecule has 0 unspecified atom stereocenters. The van der Waals surface area contributed by atoms with Crippen LogP contribution in [0.3, 0.4) is 0 Å². The number of alkyl halides is 2. The summed E-state index contributed by atoms with van der Waals surface area (Å²) in [5.74, 6) is -1.86. The highest BCUT2D eigenvalue weighted by Crippen LogP contribution is 2.26. The lowest BCUT2D eigenvalue weighted by molar-refractivity contribution is 0.235. The first-order valence-corrected chi connectivity index (χ1v) is 9.30. The molecular weight excluding hydrogens is 338 g/mol. The van der Waals surface area contributed by atoms with E-state index in [-0.39, 0.29) is 12.2 Å². The Morgan fingerprint density at radius 1 is 1.17 bits per heavy atom. The van der Waals surface area contributed by atoms with Crippen molar-refractivity contribution in [2.45, 2.75) is 49.4 Å². The highest BCUT2D eigenvalue weighted by atomic mass is 32.2. The highest BCUT2D eigenvalue weighted by molar-refractivity contribution is 7.91. The van der Waals surface area contributed by atoms with Crippen LogP contribution in [0.2, 0.25) is 0 Å². The van der Waals surface area contributed by atoms with E-state index in [0.717, 1.165) is 38.1 Å². The number of para-hydroxylation sites is 1. The summed E-state index contributed by atoms with van der Waals surface area (Å²) in [4.78, 5) is -0.407. The van der Waals surface area contributed by atoms with Gasteiger partial charge in [0.25, 0.3) is 0 Å². The molecule has 1 N–H and O–H groups in total. The van der Waals surface area contributed by atoms with E-state index in [1.807, 2.05) is 4.57 Å². The van der Waals surface area contributed by atoms with Gasteiger partial charge < -0.3 is 9.88 Å². The van der Waals surface area contributed by atoms with Crippen LogP contribution in [0.4, 0.5) is 14.5 Å². The topological polar surface area (TPSA) is 76.9 Å². The number of hydrogen-bond acceptors (Lipinski definition) is 5. The predicted molar refractivity (Wildman–Crippen MR) is 84.5 cm³/mol. The van der Waals surface area contributed by atoms with Crippen molar-refractivity contribution in [3.63, 3.8) is 0 Å². The average Bonchev–Trinajstić information content (AvgIpc) is 2.79. The lowest BCUT2D eigenvalue weighted by Crippen LogP contribution is -2.15. The predicted octanol–water partition coefficient (Wildman–Crippen LogP) is 2.61. The first kappa shape index (κ1) is 16.8. The fraction of sp³-hybridized carbons (Fsp3) is 0.467. The van der Waals surface area contributed by atoms with Crippen molar-refractivity contribution in [3.8, 4) is 0 Å². The summed E-state index contributed by atoms with van der Waals surface area (Å²) in [6.07, 6.45) is 4.10. The minimum absolute atomic E-state index is 0.142. The second-order valence-corrected chi connectivity index (χ2v) is 7.54. The van der Waals surface area contributed by atoms with Gasteiger partial charge in [-0.1, -0.05) is 18.6 Å². The van der Waals surface area contributed by atoms with Gasteiger partial charge in [0.15, 0.2) is 5.82 Å². The summed E-state index contributed by atoms with van der Waals surface area (Å²) >= 11 is 0. The lowest BCUT2D eigenvalue weighted by atomic mass is 10.2. The van der Waals surface area contributed by atoms with Crippen LogP contribution in [0.25, 0.3) is 0 Å². The molecule has 1 aromatic carbocycles. The van der Waals surface area contributed by atoms with Crippen molar-refractivity contribution in [2.75, 3.05) is 5.32 Å². The van der Waals surface area contributed by atoms with Gasteiger partial charge in [-0.3, -0.25) is 0 Å². The Labute approximate surface area is 138 Å². The minimum Gasteiger partial charge on any atom is -0.377 e. The van der Waals surface area contributed by atoms with E-state index in [0.29, 0.717) is 5.82 Å². The fourth-order valence-electron chi connectivity index (χ4n) is 2.81. The molecule has 3 rings (SSSR count). The molecule has 130 valence electrons. The molecule has 0 saturated carbocycles. The van der Waals surface area contributed by atoms with E-state index >= 15 is 0 Å². The molecule has 1 aliphatic heterocycles. The van der Waals surface area contributed by atoms with E-state index in [1.165, 1.54) is 18.2 Å². The molecule has 1 aliphatic rings. The van der Waals surface area contributed by atoms with Crippen LogP contribution < -0.4 is 5.32 Å². The molecule has 0 fully saturated rings. The molecule has 9 heteroatoms. The van der Waals surface area contributed by atoms with Crippen LogP contribution in [-0.4, -0.2) is 28.9 Å². The molecule has 2 aromatic rings. The number of aromatic nitrogens is 3. The number of sulfone groups is 1. The van der Waals surface area contributed by atoms with E-state index < -0.39 is 20.5 Å². The van der Waals surface area contributed by atoms with Crippen molar-refractivity contribution >= 4 is 15.5 Å². The number of hydrogen-bond donors (Lipinski definition) is 1. The Balaban J connectivity index is 1.83. The molecule has 0 atom stereocenters. The first-order valence-electron chi connectivity index (χ1n) is 7.76. The second-order valence-electron chi connectivity index (χ2n) is 5.65. The Morgan fingerprint density at radius 3 is 2.75 bits per heavy atom. The largest absolute Gasteiger partial charge is 0.377 e. The summed E-state index contributed by atoms with van der Waals surface area (Å²) in [5.41, 5.74) is 0.142. The molecule has 0 spiro atoms. The van der Waals surface area contributed by atoms with Crippen LogP contribution in [0, 0.1) is 0 Å². The Bertz CT molecular complexity index is 821. The summed E-state index contributed by atoms with van der Waals surface area (Å²) in [5, 5.41) is 11.2. The summed E-state index contributed by atoms with van der Waals surface area (Å²) in [7, 11) is -4.66. The van der Waals surface area contributed by atoms with Gasteiger partial charge in [-0.2, -0.15) is 8.78 Å². The lowest BCUT2D eigenvalue weighted by Gasteiger charge is -2.13. The van der Waals surface area contributed by atoms with Crippen LogP contribution in [0.5, 0.6) is 0 Å². The van der Waals surface area contributed by atoms with Crippen molar-refractivity contribution in [3.05, 3.63) is 35.9 Å². The number of nitrogens with one attached hydrogen (secondary N) is 1. The molecule has 2 heterocycles. The van der Waals surface area contributed by atoms with Gasteiger partial charge in [0, 0.05) is 13.0 Å². The van der Waals surface area contributed by atoms with Gasteiger partial charge in [-0.05, 0) is 25.0 Å². The third-order valence-corrected chi connectivity index (χ3v) is 5.49. The molecule has 0 aliphatic carbocycles. The van der Waals surface area contributed by atoms with E-state index in [1.54, 1.807) is 6.07 Å². The number of halogens is 2. The molecule has 24 heavy (non-hydrogen) atoms. The van der Waals surface area contributed by atoms with Gasteiger partial charge in [-0.25, -0.2) is 8.42 Å². The normalized spacial score (nSPS) is 15.1. The van der Waals surface area contributed by atoms with Crippen LogP contribution in [0.15, 0.2) is 29.2 Å². The zero-order valence-electron chi connectivity index (χ0n) is 13.0. The van der Waals surface area contributed by atoms with E-state index in [2.05, 4.69) is 15.5 Å². The maximum Gasteiger partial charge on any atom is 0.341 e. The second kappa shape index (κ2) is 6.84. The molecular formula is C15H18F2N4O2S. The first-order chi connectivity index (χ1) is 11.5. The van der Waals surface area contributed by atoms with Crippen LogP contribution in [0.1, 0.15) is 30.9 Å². The number of aryl methyl sites for hydroxylation is 1. The Kier molecular flexibility index (Phi) is 4.79. The maximum absolute atomic E-state index is 12.8. The van der Waals surface area contributed by atoms with Gasteiger partial charge in [0.2, 0.25) is 9.84 Å². The SMILES string of the molecule is O=S(=O)(c1ccccc1NCc1nnc2n1CCCCC2)C(F)F. The molecule has 1 aromatic heterocycles. The quantitative estimate of drug-likeness (QED) is 0.891. The Morgan fingerprint density at radius 2 is 1.96 bits per heavy atom. The number of anilines is 1. The number of rotatable bonds is 5. The van der Waals surface area contributed by atoms with Gasteiger partial charge >= 0.3 is 5.76 Å². The fourth-order valence-corrected chi connectivity index (χ4v) is 3.71. The van der Waals surface area contributed by atoms with E-state index in [9.17, 15) is 17.2 Å². The Hall–Kier alpha value is -2.03. The smallest absolute Gasteiger partial charge is 0.341 e. The monoisotopic (exact) mass is 356 g/mol. The van der Waals surface area contributed by atoms with Crippen molar-refractivity contribution in [1.82, 2.24) is 14.8 Å². The standard InChI is InChI=1S/C15H18F2N4O2S/c16-15(17)24(22,23)12-7-4-3-6-11(12)18-10-14-20-19-13-8-2-1-5-9-21(13)14/h3-4,6-7,15,18H,1-2,5,8-10H2. The number of benzene rings is 1. The molecule has 0 amide bonds. The summed E-state index contributed by atoms with van der Waals surface area (Å²) < 4.78 is 51.2. The number of nitrogens with zero attached hydrogens (tertiary/aromatic N) is 3. The zero-order valence-corrected chi connectivity index (χ0v) is 13.8. The van der Waals surface area contributed by atoms with Gasteiger partial charge in [0.1, 0.15) is 5.82 Å². The van der Waals surface area contributed by atoms with Crippen LogP contribution in [-0.2, 0) is 29.3 Å². The number of fused-ring (bicyclic) bond motifs is 1. The summed E-state index contributed by atoms with van der Waals surface area (Å²) in [6, 6.07) is 5.66. The molecule has 0 radical (unpaired) electrons. The average molecular weight is 356 g/mol. The molecule has 6 nitrogen and oxygen atoms in total. The zero-order chi connectivity index (χ0) is 17.2. The maximum atomic E-state index is 12.8. The third kappa shape index (κ3) is 3.26. The molecule has 0 bridgehead atoms. The van der Waals surface area contributed by atoms with Crippen LogP contribution >= 0.6 is 0 Å². The minimum atomic E-state index is -4.66.